The van der Waals surface area contributed by atoms with E-state index in [9.17, 15) is 24.5 Å². The Labute approximate surface area is 267 Å². The zero-order valence-corrected chi connectivity index (χ0v) is 25.6. The van der Waals surface area contributed by atoms with E-state index in [-0.39, 0.29) is 17.3 Å². The van der Waals surface area contributed by atoms with Crippen LogP contribution in [0.3, 0.4) is 0 Å². The molecule has 0 aliphatic carbocycles. The summed E-state index contributed by atoms with van der Waals surface area (Å²) in [5, 5.41) is 19.2. The van der Waals surface area contributed by atoms with E-state index in [0.717, 1.165) is 0 Å². The van der Waals surface area contributed by atoms with Gasteiger partial charge in [0.25, 0.3) is 17.5 Å². The molecule has 0 saturated heterocycles. The van der Waals surface area contributed by atoms with Crippen molar-refractivity contribution in [2.45, 2.75) is 23.5 Å². The summed E-state index contributed by atoms with van der Waals surface area (Å²) in [5.74, 6) is -1.38. The van der Waals surface area contributed by atoms with Gasteiger partial charge in [0.1, 0.15) is 5.70 Å². The van der Waals surface area contributed by atoms with Crippen molar-refractivity contribution >= 4 is 75.8 Å². The average Bonchev–Trinajstić information content (AvgIpc) is 3.01. The normalized spacial score (nSPS) is 11.8. The van der Waals surface area contributed by atoms with Crippen LogP contribution in [0.4, 0.5) is 17.1 Å². The summed E-state index contributed by atoms with van der Waals surface area (Å²) in [4.78, 5) is 50.5. The van der Waals surface area contributed by atoms with Gasteiger partial charge in [-0.1, -0.05) is 60.5 Å². The molecule has 0 heterocycles. The van der Waals surface area contributed by atoms with Crippen molar-refractivity contribution in [2.75, 3.05) is 10.6 Å². The molecule has 0 fully saturated rings. The Morgan fingerprint density at radius 3 is 2.16 bits per heavy atom. The van der Waals surface area contributed by atoms with Gasteiger partial charge >= 0.3 is 0 Å². The molecule has 1 atom stereocenters. The third-order valence-corrected chi connectivity index (χ3v) is 8.21. The van der Waals surface area contributed by atoms with E-state index in [2.05, 4.69) is 16.0 Å². The maximum atomic E-state index is 13.5. The molecule has 3 N–H and O–H groups in total. The summed E-state index contributed by atoms with van der Waals surface area (Å²) < 4.78 is 0. The Hall–Kier alpha value is -4.64. The molecule has 0 aliphatic heterocycles. The number of carbonyl (C=O) groups is 3. The number of hydrogen-bond acceptors (Lipinski definition) is 6. The first kappa shape index (κ1) is 32.3. The summed E-state index contributed by atoms with van der Waals surface area (Å²) in [5.41, 5.74) is 1.43. The first-order chi connectivity index (χ1) is 21.1. The van der Waals surface area contributed by atoms with E-state index < -0.39 is 22.0 Å². The fourth-order valence-electron chi connectivity index (χ4n) is 3.96. The average molecular weight is 650 g/mol. The molecule has 4 aromatic rings. The van der Waals surface area contributed by atoms with Crippen molar-refractivity contribution in [3.63, 3.8) is 0 Å². The standard InChI is InChI=1S/C32H26Cl2N4O5S/c1-2-29(32(41)35-21-14-16-23(17-15-21)38(42)43)44-24-11-6-10-22(18-24)36-31(40)28(19-25-26(33)12-7-13-27(25)34)37-30(39)20-8-4-3-5-9-20/h3-19,29H,2H2,1H3,(H,35,41)(H,36,40)(H,37,39)/b28-19+. The van der Waals surface area contributed by atoms with Gasteiger partial charge in [0.2, 0.25) is 5.91 Å². The number of carbonyl (C=O) groups excluding carboxylic acids is 3. The van der Waals surface area contributed by atoms with E-state index in [1.807, 2.05) is 6.92 Å². The zero-order valence-electron chi connectivity index (χ0n) is 23.3. The van der Waals surface area contributed by atoms with Gasteiger partial charge in [0, 0.05) is 49.6 Å². The van der Waals surface area contributed by atoms with Gasteiger partial charge < -0.3 is 16.0 Å². The molecule has 0 spiro atoms. The van der Waals surface area contributed by atoms with Gasteiger partial charge in [0.05, 0.1) is 10.2 Å². The number of nitrogens with zero attached hydrogens (tertiary/aromatic N) is 1. The largest absolute Gasteiger partial charge is 0.325 e. The maximum absolute atomic E-state index is 13.5. The van der Waals surface area contributed by atoms with Crippen LogP contribution in [0.5, 0.6) is 0 Å². The molecule has 0 radical (unpaired) electrons. The third-order valence-electron chi connectivity index (χ3n) is 6.20. The summed E-state index contributed by atoms with van der Waals surface area (Å²) in [6.07, 6.45) is 1.91. The fourth-order valence-corrected chi connectivity index (χ4v) is 5.48. The van der Waals surface area contributed by atoms with Crippen LogP contribution in [-0.4, -0.2) is 27.9 Å². The van der Waals surface area contributed by atoms with Crippen molar-refractivity contribution in [3.8, 4) is 0 Å². The molecule has 4 aromatic carbocycles. The van der Waals surface area contributed by atoms with Gasteiger partial charge in [-0.25, -0.2) is 0 Å². The molecule has 0 aliphatic rings. The number of nitrogens with one attached hydrogen (secondary N) is 3. The second-order valence-electron chi connectivity index (χ2n) is 9.30. The molecule has 9 nitrogen and oxygen atoms in total. The van der Waals surface area contributed by atoms with Crippen LogP contribution in [0, 0.1) is 10.1 Å². The van der Waals surface area contributed by atoms with Gasteiger partial charge in [-0.05, 0) is 67.1 Å². The van der Waals surface area contributed by atoms with Crippen LogP contribution in [0.15, 0.2) is 108 Å². The number of nitro benzene ring substituents is 1. The monoisotopic (exact) mass is 648 g/mol. The van der Waals surface area contributed by atoms with E-state index in [0.29, 0.717) is 43.9 Å². The molecule has 3 amide bonds. The lowest BCUT2D eigenvalue weighted by Crippen LogP contribution is -2.30. The predicted octanol–water partition coefficient (Wildman–Crippen LogP) is 7.82. The van der Waals surface area contributed by atoms with Crippen LogP contribution >= 0.6 is 35.0 Å². The molecule has 12 heteroatoms. The highest BCUT2D eigenvalue weighted by Gasteiger charge is 2.20. The van der Waals surface area contributed by atoms with Crippen LogP contribution < -0.4 is 16.0 Å². The number of amides is 3. The first-order valence-electron chi connectivity index (χ1n) is 13.3. The van der Waals surface area contributed by atoms with E-state index in [1.54, 1.807) is 72.8 Å². The third kappa shape index (κ3) is 8.70. The topological polar surface area (TPSA) is 130 Å². The minimum atomic E-state index is -0.615. The highest BCUT2D eigenvalue weighted by Crippen LogP contribution is 2.30. The zero-order chi connectivity index (χ0) is 31.6. The van der Waals surface area contributed by atoms with E-state index in [4.69, 9.17) is 23.2 Å². The number of thioether (sulfide) groups is 1. The number of halogens is 2. The minimum Gasteiger partial charge on any atom is -0.325 e. The van der Waals surface area contributed by atoms with Gasteiger partial charge in [-0.15, -0.1) is 11.8 Å². The Kier molecular flexibility index (Phi) is 11.1. The van der Waals surface area contributed by atoms with Gasteiger partial charge in [0.15, 0.2) is 0 Å². The lowest BCUT2D eigenvalue weighted by atomic mass is 10.1. The summed E-state index contributed by atoms with van der Waals surface area (Å²) in [7, 11) is 0. The summed E-state index contributed by atoms with van der Waals surface area (Å²) >= 11 is 14.0. The Balaban J connectivity index is 1.51. The maximum Gasteiger partial charge on any atom is 0.272 e. The molecule has 4 rings (SSSR count). The van der Waals surface area contributed by atoms with Crippen LogP contribution in [0.25, 0.3) is 6.08 Å². The number of benzene rings is 4. The van der Waals surface area contributed by atoms with Crippen LogP contribution in [0.2, 0.25) is 10.0 Å². The van der Waals surface area contributed by atoms with E-state index in [1.165, 1.54) is 42.1 Å². The highest BCUT2D eigenvalue weighted by molar-refractivity contribution is 8.00. The Bertz CT molecular complexity index is 1700. The number of non-ortho nitro benzene ring substituents is 1. The second kappa shape index (κ2) is 15.2. The van der Waals surface area contributed by atoms with Crippen molar-refractivity contribution in [1.82, 2.24) is 5.32 Å². The lowest BCUT2D eigenvalue weighted by molar-refractivity contribution is -0.384. The molecule has 0 bridgehead atoms. The van der Waals surface area contributed by atoms with Crippen molar-refractivity contribution < 1.29 is 19.3 Å². The molecule has 44 heavy (non-hydrogen) atoms. The van der Waals surface area contributed by atoms with Crippen molar-refractivity contribution in [3.05, 3.63) is 134 Å². The van der Waals surface area contributed by atoms with Crippen molar-refractivity contribution in [1.29, 1.82) is 0 Å². The SMILES string of the molecule is CCC(Sc1cccc(NC(=O)/C(=C\c2c(Cl)cccc2Cl)NC(=O)c2ccccc2)c1)C(=O)Nc1ccc([N+](=O)[O-])cc1. The molecule has 1 unspecified atom stereocenters. The number of rotatable bonds is 11. The number of hydrogen-bond donors (Lipinski definition) is 3. The molecule has 0 saturated carbocycles. The molecule has 0 aromatic heterocycles. The number of anilines is 2. The highest BCUT2D eigenvalue weighted by atomic mass is 35.5. The molecular weight excluding hydrogens is 623 g/mol. The Morgan fingerprint density at radius 1 is 0.864 bits per heavy atom. The smallest absolute Gasteiger partial charge is 0.272 e. The summed E-state index contributed by atoms with van der Waals surface area (Å²) in [6, 6.07) is 25.9. The minimum absolute atomic E-state index is 0.0733. The van der Waals surface area contributed by atoms with Gasteiger partial charge in [-0.2, -0.15) is 0 Å². The number of nitro groups is 1. The Morgan fingerprint density at radius 2 is 1.52 bits per heavy atom. The fraction of sp³-hybridized carbons (Fsp3) is 0.0938. The van der Waals surface area contributed by atoms with E-state index >= 15 is 0 Å². The quantitative estimate of drug-likeness (QED) is 0.0658. The van der Waals surface area contributed by atoms with Crippen LogP contribution in [-0.2, 0) is 9.59 Å². The second-order valence-corrected chi connectivity index (χ2v) is 11.4. The molecule has 224 valence electrons. The molecular formula is C32H26Cl2N4O5S. The van der Waals surface area contributed by atoms with Gasteiger partial charge in [-0.3, -0.25) is 24.5 Å². The summed E-state index contributed by atoms with van der Waals surface area (Å²) in [6.45, 7) is 1.87. The predicted molar refractivity (Wildman–Crippen MR) is 175 cm³/mol. The first-order valence-corrected chi connectivity index (χ1v) is 14.9. The van der Waals surface area contributed by atoms with Crippen molar-refractivity contribution in [2.24, 2.45) is 0 Å². The lowest BCUT2D eigenvalue weighted by Gasteiger charge is -2.16. The van der Waals surface area contributed by atoms with Crippen LogP contribution in [0.1, 0.15) is 29.3 Å².